The molecule has 0 aliphatic rings. The molecule has 1 aromatic rings. The van der Waals surface area contributed by atoms with Gasteiger partial charge in [0.15, 0.2) is 0 Å². The summed E-state index contributed by atoms with van der Waals surface area (Å²) in [5, 5.41) is 3.10. The summed E-state index contributed by atoms with van der Waals surface area (Å²) in [5.74, 6) is 3.59. The van der Waals surface area contributed by atoms with Crippen molar-refractivity contribution in [3.63, 3.8) is 0 Å². The zero-order valence-electron chi connectivity index (χ0n) is 13.8. The van der Waals surface area contributed by atoms with Crippen molar-refractivity contribution in [1.29, 1.82) is 0 Å². The number of amides is 3. The minimum Gasteiger partial charge on any atom is -0.293 e. The van der Waals surface area contributed by atoms with Gasteiger partial charge in [-0.2, -0.15) is 0 Å². The lowest BCUT2D eigenvalue weighted by Crippen LogP contribution is -2.52. The molecule has 0 heterocycles. The number of alkyl halides is 1. The highest BCUT2D eigenvalue weighted by atomic mass is 35.5. The Morgan fingerprint density at radius 1 is 1.12 bits per heavy atom. The van der Waals surface area contributed by atoms with Gasteiger partial charge in [0.05, 0.1) is 6.54 Å². The SMILES string of the molecule is CN(CC(=O)NN(C)C(C(=O)NN)c1ccc(Cl)cc1)NC(=O)CCl. The van der Waals surface area contributed by atoms with Gasteiger partial charge in [-0.1, -0.05) is 23.7 Å². The number of hydrazine groups is 3. The number of nitrogens with zero attached hydrogens (tertiary/aromatic N) is 2. The van der Waals surface area contributed by atoms with Crippen LogP contribution in [0.25, 0.3) is 0 Å². The number of hydrogen-bond acceptors (Lipinski definition) is 6. The average Bonchev–Trinajstić information content (AvgIpc) is 2.55. The Labute approximate surface area is 155 Å². The Morgan fingerprint density at radius 3 is 2.24 bits per heavy atom. The molecule has 1 rings (SSSR count). The molecule has 0 aromatic heterocycles. The summed E-state index contributed by atoms with van der Waals surface area (Å²) in [6.45, 7) is -0.148. The van der Waals surface area contributed by atoms with E-state index in [-0.39, 0.29) is 12.4 Å². The number of halogens is 2. The first-order valence-electron chi connectivity index (χ1n) is 7.13. The van der Waals surface area contributed by atoms with Gasteiger partial charge >= 0.3 is 0 Å². The number of hydrogen-bond donors (Lipinski definition) is 4. The molecule has 1 unspecified atom stereocenters. The van der Waals surface area contributed by atoms with E-state index in [2.05, 4.69) is 16.3 Å². The molecule has 25 heavy (non-hydrogen) atoms. The molecule has 0 aliphatic heterocycles. The van der Waals surface area contributed by atoms with Crippen LogP contribution in [0.4, 0.5) is 0 Å². The molecule has 0 saturated carbocycles. The van der Waals surface area contributed by atoms with Crippen LogP contribution in [0.3, 0.4) is 0 Å². The van der Waals surface area contributed by atoms with Crippen LogP contribution < -0.4 is 22.1 Å². The summed E-state index contributed by atoms with van der Waals surface area (Å²) in [4.78, 5) is 35.3. The second-order valence-electron chi connectivity index (χ2n) is 5.13. The number of nitrogens with two attached hydrogens (primary N) is 1. The highest BCUT2D eigenvalue weighted by Crippen LogP contribution is 2.20. The van der Waals surface area contributed by atoms with Crippen molar-refractivity contribution in [2.24, 2.45) is 5.84 Å². The van der Waals surface area contributed by atoms with Crippen LogP contribution >= 0.6 is 23.2 Å². The van der Waals surface area contributed by atoms with E-state index in [1.165, 1.54) is 24.1 Å². The van der Waals surface area contributed by atoms with Crippen LogP contribution in [0.1, 0.15) is 11.6 Å². The fourth-order valence-electron chi connectivity index (χ4n) is 2.07. The van der Waals surface area contributed by atoms with Crippen LogP contribution in [0.15, 0.2) is 24.3 Å². The molecule has 1 aromatic carbocycles. The summed E-state index contributed by atoms with van der Waals surface area (Å²) in [5.41, 5.74) is 7.60. The van der Waals surface area contributed by atoms with Gasteiger partial charge in [0.2, 0.25) is 11.8 Å². The van der Waals surface area contributed by atoms with Crippen LogP contribution in [-0.2, 0) is 14.4 Å². The largest absolute Gasteiger partial charge is 0.293 e. The third kappa shape index (κ3) is 6.85. The van der Waals surface area contributed by atoms with Crippen molar-refractivity contribution in [1.82, 2.24) is 26.3 Å². The molecular weight excluding hydrogens is 371 g/mol. The molecule has 3 amide bonds. The van der Waals surface area contributed by atoms with Gasteiger partial charge in [0.25, 0.3) is 5.91 Å². The lowest BCUT2D eigenvalue weighted by Gasteiger charge is -2.28. The van der Waals surface area contributed by atoms with E-state index in [0.29, 0.717) is 10.6 Å². The highest BCUT2D eigenvalue weighted by molar-refractivity contribution is 6.30. The normalized spacial score (nSPS) is 12.0. The number of carbonyl (C=O) groups excluding carboxylic acids is 3. The molecular formula is C14H20Cl2N6O3. The second kappa shape index (κ2) is 10.2. The first-order chi connectivity index (χ1) is 11.8. The highest BCUT2D eigenvalue weighted by Gasteiger charge is 2.26. The van der Waals surface area contributed by atoms with Crippen LogP contribution in [0.5, 0.6) is 0 Å². The minimum absolute atomic E-state index is 0.148. The molecule has 0 radical (unpaired) electrons. The van der Waals surface area contributed by atoms with E-state index in [1.807, 2.05) is 0 Å². The van der Waals surface area contributed by atoms with Gasteiger partial charge in [0, 0.05) is 19.1 Å². The molecule has 0 fully saturated rings. The van der Waals surface area contributed by atoms with Crippen molar-refractivity contribution in [3.8, 4) is 0 Å². The van der Waals surface area contributed by atoms with Crippen molar-refractivity contribution >= 4 is 40.9 Å². The van der Waals surface area contributed by atoms with Gasteiger partial charge in [-0.15, -0.1) is 11.6 Å². The van der Waals surface area contributed by atoms with Gasteiger partial charge in [-0.25, -0.2) is 15.9 Å². The quantitative estimate of drug-likeness (QED) is 0.206. The van der Waals surface area contributed by atoms with E-state index in [4.69, 9.17) is 29.0 Å². The van der Waals surface area contributed by atoms with E-state index >= 15 is 0 Å². The smallest absolute Gasteiger partial charge is 0.257 e. The Bertz CT molecular complexity index is 613. The minimum atomic E-state index is -0.867. The Kier molecular flexibility index (Phi) is 8.59. The monoisotopic (exact) mass is 390 g/mol. The predicted molar refractivity (Wildman–Crippen MR) is 93.9 cm³/mol. The van der Waals surface area contributed by atoms with Crippen molar-refractivity contribution in [3.05, 3.63) is 34.9 Å². The number of benzene rings is 1. The molecule has 5 N–H and O–H groups in total. The Morgan fingerprint density at radius 2 is 1.72 bits per heavy atom. The summed E-state index contributed by atoms with van der Waals surface area (Å²) >= 11 is 11.2. The Balaban J connectivity index is 2.76. The zero-order chi connectivity index (χ0) is 19.0. The average molecular weight is 391 g/mol. The molecule has 9 nitrogen and oxygen atoms in total. The summed E-state index contributed by atoms with van der Waals surface area (Å²) in [6, 6.07) is 5.68. The van der Waals surface area contributed by atoms with Crippen molar-refractivity contribution in [2.75, 3.05) is 26.5 Å². The van der Waals surface area contributed by atoms with Crippen LogP contribution in [-0.4, -0.2) is 54.3 Å². The number of nitrogens with one attached hydrogen (secondary N) is 3. The zero-order valence-corrected chi connectivity index (χ0v) is 15.3. The fraction of sp³-hybridized carbons (Fsp3) is 0.357. The van der Waals surface area contributed by atoms with Crippen LogP contribution in [0.2, 0.25) is 5.02 Å². The molecule has 138 valence electrons. The molecule has 0 aliphatic carbocycles. The maximum Gasteiger partial charge on any atom is 0.257 e. The van der Waals surface area contributed by atoms with E-state index in [0.717, 1.165) is 0 Å². The maximum absolute atomic E-state index is 12.1. The third-order valence-electron chi connectivity index (χ3n) is 3.08. The summed E-state index contributed by atoms with van der Waals surface area (Å²) in [7, 11) is 3.02. The van der Waals surface area contributed by atoms with Gasteiger partial charge in [-0.3, -0.25) is 30.7 Å². The maximum atomic E-state index is 12.1. The van der Waals surface area contributed by atoms with E-state index in [9.17, 15) is 14.4 Å². The number of likely N-dealkylation sites (N-methyl/N-ethyl adjacent to an activating group) is 2. The van der Waals surface area contributed by atoms with Gasteiger partial charge in [-0.05, 0) is 17.7 Å². The molecule has 11 heteroatoms. The Hall–Kier alpha value is -1.91. The third-order valence-corrected chi connectivity index (χ3v) is 3.58. The summed E-state index contributed by atoms with van der Waals surface area (Å²) in [6.07, 6.45) is 0. The molecule has 1 atom stereocenters. The second-order valence-corrected chi connectivity index (χ2v) is 5.84. The topological polar surface area (TPSA) is 120 Å². The van der Waals surface area contributed by atoms with E-state index < -0.39 is 23.8 Å². The van der Waals surface area contributed by atoms with Crippen LogP contribution in [0, 0.1) is 0 Å². The van der Waals surface area contributed by atoms with Crippen molar-refractivity contribution in [2.45, 2.75) is 6.04 Å². The molecule has 0 spiro atoms. The predicted octanol–water partition coefficient (Wildman–Crippen LogP) is -0.464. The lowest BCUT2D eigenvalue weighted by molar-refractivity contribution is -0.133. The standard InChI is InChI=1S/C14H20Cl2N6O3/c1-21(19-11(23)7-15)8-12(24)20-22(2)13(14(25)18-17)9-3-5-10(16)6-4-9/h3-6,13H,7-8,17H2,1-2H3,(H,18,25)(H,19,23)(H,20,24). The van der Waals surface area contributed by atoms with Gasteiger partial charge in [0.1, 0.15) is 11.9 Å². The van der Waals surface area contributed by atoms with Gasteiger partial charge < -0.3 is 0 Å². The fourth-order valence-corrected chi connectivity index (χ4v) is 2.25. The lowest BCUT2D eigenvalue weighted by atomic mass is 10.1. The number of rotatable bonds is 8. The van der Waals surface area contributed by atoms with Crippen molar-refractivity contribution < 1.29 is 14.4 Å². The first kappa shape index (κ1) is 21.1. The summed E-state index contributed by atoms with van der Waals surface area (Å²) < 4.78 is 0. The molecule has 0 saturated heterocycles. The van der Waals surface area contributed by atoms with E-state index in [1.54, 1.807) is 24.3 Å². The first-order valence-corrected chi connectivity index (χ1v) is 8.04. The molecule has 0 bridgehead atoms. The number of carbonyl (C=O) groups is 3.